The van der Waals surface area contributed by atoms with E-state index >= 15 is 0 Å². The van der Waals surface area contributed by atoms with Crippen molar-refractivity contribution < 1.29 is 4.79 Å². The number of carbonyl (C=O) groups is 1. The molecule has 0 saturated carbocycles. The highest BCUT2D eigenvalue weighted by Gasteiger charge is 2.13. The van der Waals surface area contributed by atoms with Gasteiger partial charge in [-0.25, -0.2) is 4.98 Å². The van der Waals surface area contributed by atoms with E-state index in [1.165, 1.54) is 18.1 Å². The zero-order valence-corrected chi connectivity index (χ0v) is 15.8. The maximum absolute atomic E-state index is 12.6. The number of nitrogens with one attached hydrogen (secondary N) is 1. The lowest BCUT2D eigenvalue weighted by atomic mass is 10.2. The first-order chi connectivity index (χ1) is 13.1. The molecule has 0 saturated heterocycles. The number of aryl methyl sites for hydroxylation is 1. The average Bonchev–Trinajstić information content (AvgIpc) is 3.12. The quantitative estimate of drug-likeness (QED) is 0.515. The van der Waals surface area contributed by atoms with Gasteiger partial charge in [0.15, 0.2) is 0 Å². The Labute approximate surface area is 164 Å². The maximum Gasteiger partial charge on any atom is 0.255 e. The second-order valence-corrected chi connectivity index (χ2v) is 7.27. The first-order valence-corrected chi connectivity index (χ1v) is 9.31. The number of amides is 1. The lowest BCUT2D eigenvalue weighted by Gasteiger charge is -2.11. The molecule has 4 aromatic rings. The number of hydrogen-bond acceptors (Lipinski definition) is 5. The molecule has 2 aromatic heterocycles. The first-order valence-electron chi connectivity index (χ1n) is 8.11. The predicted octanol–water partition coefficient (Wildman–Crippen LogP) is 4.49. The summed E-state index contributed by atoms with van der Waals surface area (Å²) in [4.78, 5) is 22.0. The van der Waals surface area contributed by atoms with E-state index in [9.17, 15) is 4.79 Å². The summed E-state index contributed by atoms with van der Waals surface area (Å²) in [6.07, 6.45) is 1.47. The van der Waals surface area contributed by atoms with E-state index in [2.05, 4.69) is 20.4 Å². The minimum Gasteiger partial charge on any atom is -0.321 e. The van der Waals surface area contributed by atoms with E-state index in [1.807, 2.05) is 37.3 Å². The van der Waals surface area contributed by atoms with E-state index in [0.29, 0.717) is 22.1 Å². The number of hydrogen-bond donors (Lipinski definition) is 1. The van der Waals surface area contributed by atoms with Crippen LogP contribution in [0.4, 0.5) is 5.69 Å². The number of fused-ring (bicyclic) bond motifs is 1. The Morgan fingerprint density at radius 1 is 1.15 bits per heavy atom. The third kappa shape index (κ3) is 3.79. The van der Waals surface area contributed by atoms with Gasteiger partial charge >= 0.3 is 0 Å². The molecule has 0 atom stereocenters. The van der Waals surface area contributed by atoms with Crippen molar-refractivity contribution in [1.29, 1.82) is 0 Å². The Morgan fingerprint density at radius 2 is 2.00 bits per heavy atom. The highest BCUT2D eigenvalue weighted by atomic mass is 35.5. The van der Waals surface area contributed by atoms with Gasteiger partial charge in [0, 0.05) is 21.2 Å². The first kappa shape index (κ1) is 17.5. The summed E-state index contributed by atoms with van der Waals surface area (Å²) in [5.74, 6) is 0.320. The molecule has 6 nitrogen and oxygen atoms in total. The molecule has 1 N–H and O–H groups in total. The van der Waals surface area contributed by atoms with Gasteiger partial charge in [0.25, 0.3) is 11.7 Å². The van der Waals surface area contributed by atoms with Crippen LogP contribution in [0, 0.1) is 6.92 Å². The number of halogens is 1. The van der Waals surface area contributed by atoms with Gasteiger partial charge in [0.05, 0.1) is 5.69 Å². The summed E-state index contributed by atoms with van der Waals surface area (Å²) in [6.45, 7) is 1.91. The summed E-state index contributed by atoms with van der Waals surface area (Å²) in [6, 6.07) is 16.4. The van der Waals surface area contributed by atoms with E-state index in [0.717, 1.165) is 15.6 Å². The Balaban J connectivity index is 1.65. The van der Waals surface area contributed by atoms with Crippen LogP contribution in [0.15, 0.2) is 70.8 Å². The summed E-state index contributed by atoms with van der Waals surface area (Å²) >= 11 is 7.47. The average molecular weight is 396 g/mol. The van der Waals surface area contributed by atoms with Crippen molar-refractivity contribution in [3.63, 3.8) is 0 Å². The molecule has 134 valence electrons. The van der Waals surface area contributed by atoms with Crippen LogP contribution < -0.4 is 5.32 Å². The third-order valence-electron chi connectivity index (χ3n) is 3.78. The zero-order chi connectivity index (χ0) is 18.8. The van der Waals surface area contributed by atoms with Gasteiger partial charge in [0.2, 0.25) is 0 Å². The fourth-order valence-electron chi connectivity index (χ4n) is 2.57. The fourth-order valence-corrected chi connectivity index (χ4v) is 3.80. The number of carbonyl (C=O) groups excluding carboxylic acids is 1. The van der Waals surface area contributed by atoms with E-state index in [-0.39, 0.29) is 5.91 Å². The molecule has 0 unspecified atom stereocenters. The lowest BCUT2D eigenvalue weighted by Crippen LogP contribution is -2.12. The topological polar surface area (TPSA) is 72.2 Å². The van der Waals surface area contributed by atoms with E-state index in [4.69, 9.17) is 11.6 Å². The number of rotatable bonds is 4. The Bertz CT molecular complexity index is 1140. The van der Waals surface area contributed by atoms with Crippen molar-refractivity contribution in [3.8, 4) is 0 Å². The molecule has 1 amide bonds. The van der Waals surface area contributed by atoms with Gasteiger partial charge in [-0.3, -0.25) is 4.79 Å². The molecule has 27 heavy (non-hydrogen) atoms. The Morgan fingerprint density at radius 3 is 2.85 bits per heavy atom. The van der Waals surface area contributed by atoms with E-state index in [1.54, 1.807) is 28.8 Å². The fraction of sp³-hybridized carbons (Fsp3) is 0.0526. The molecule has 2 aromatic carbocycles. The molecule has 8 heteroatoms. The van der Waals surface area contributed by atoms with Crippen LogP contribution in [0.2, 0.25) is 5.02 Å². The van der Waals surface area contributed by atoms with Crippen molar-refractivity contribution in [1.82, 2.24) is 19.6 Å². The monoisotopic (exact) mass is 395 g/mol. The highest BCUT2D eigenvalue weighted by molar-refractivity contribution is 7.99. The molecule has 0 fully saturated rings. The summed E-state index contributed by atoms with van der Waals surface area (Å²) < 4.78 is 1.67. The van der Waals surface area contributed by atoms with Crippen LogP contribution in [-0.2, 0) is 0 Å². The summed E-state index contributed by atoms with van der Waals surface area (Å²) in [5, 5.41) is 8.56. The summed E-state index contributed by atoms with van der Waals surface area (Å²) in [7, 11) is 0. The number of aromatic nitrogens is 4. The predicted molar refractivity (Wildman–Crippen MR) is 105 cm³/mol. The number of para-hydroxylation sites is 1. The van der Waals surface area contributed by atoms with Crippen LogP contribution in [0.3, 0.4) is 0 Å². The van der Waals surface area contributed by atoms with Crippen LogP contribution in [0.5, 0.6) is 0 Å². The second-order valence-electron chi connectivity index (χ2n) is 5.77. The Hall–Kier alpha value is -2.90. The van der Waals surface area contributed by atoms with Crippen molar-refractivity contribution in [2.45, 2.75) is 16.8 Å². The van der Waals surface area contributed by atoms with Crippen molar-refractivity contribution in [2.75, 3.05) is 5.32 Å². The van der Waals surface area contributed by atoms with Crippen molar-refractivity contribution >= 4 is 40.7 Å². The van der Waals surface area contributed by atoms with Crippen molar-refractivity contribution in [2.24, 2.45) is 0 Å². The van der Waals surface area contributed by atoms with Crippen LogP contribution in [-0.4, -0.2) is 25.5 Å². The summed E-state index contributed by atoms with van der Waals surface area (Å²) in [5.41, 5.74) is 2.05. The molecule has 0 radical (unpaired) electrons. The normalized spacial score (nSPS) is 10.9. The van der Waals surface area contributed by atoms with Crippen LogP contribution in [0.1, 0.15) is 16.1 Å². The minimum atomic E-state index is -0.220. The molecular formula is C19H14ClN5OS. The number of benzene rings is 2. The molecule has 0 aliphatic rings. The van der Waals surface area contributed by atoms with Crippen LogP contribution >= 0.6 is 23.4 Å². The molecule has 0 spiro atoms. The molecule has 0 bridgehead atoms. The molecular weight excluding hydrogens is 382 g/mol. The largest absolute Gasteiger partial charge is 0.321 e. The second kappa shape index (κ2) is 7.38. The van der Waals surface area contributed by atoms with Gasteiger partial charge in [-0.05, 0) is 43.3 Å². The molecule has 4 rings (SSSR count). The Kier molecular flexibility index (Phi) is 4.79. The van der Waals surface area contributed by atoms with Crippen molar-refractivity contribution in [3.05, 3.63) is 77.2 Å². The maximum atomic E-state index is 12.6. The van der Waals surface area contributed by atoms with Gasteiger partial charge in [0.1, 0.15) is 11.4 Å². The van der Waals surface area contributed by atoms with Gasteiger partial charge in [-0.15, -0.1) is 0 Å². The smallest absolute Gasteiger partial charge is 0.255 e. The van der Waals surface area contributed by atoms with E-state index < -0.39 is 0 Å². The number of nitrogens with zero attached hydrogens (tertiary/aromatic N) is 4. The molecule has 2 heterocycles. The van der Waals surface area contributed by atoms with Crippen LogP contribution in [0.25, 0.3) is 5.78 Å². The van der Waals surface area contributed by atoms with Gasteiger partial charge < -0.3 is 5.32 Å². The third-order valence-corrected chi connectivity index (χ3v) is 5.09. The number of anilines is 1. The zero-order valence-electron chi connectivity index (χ0n) is 14.3. The standard InChI is InChI=1S/C19H14ClN5OS/c1-12-9-17(25-19(23-12)21-11-22-25)27-16-8-3-2-7-15(16)24-18(26)13-5-4-6-14(20)10-13/h2-11H,1H3,(H,24,26). The molecule has 0 aliphatic carbocycles. The SMILES string of the molecule is Cc1cc(Sc2ccccc2NC(=O)c2cccc(Cl)c2)n2ncnc2n1. The van der Waals surface area contributed by atoms with Gasteiger partial charge in [-0.2, -0.15) is 14.6 Å². The minimum absolute atomic E-state index is 0.220. The lowest BCUT2D eigenvalue weighted by molar-refractivity contribution is 0.102. The molecule has 0 aliphatic heterocycles. The van der Waals surface area contributed by atoms with Gasteiger partial charge in [-0.1, -0.05) is 41.6 Å². The highest BCUT2D eigenvalue weighted by Crippen LogP contribution is 2.33.